The number of carbonyl (C=O) groups excluding carboxylic acids is 1. The largest absolute Gasteiger partial charge is 0.504 e. The van der Waals surface area contributed by atoms with Crippen molar-refractivity contribution in [1.82, 2.24) is 10.2 Å². The molecule has 0 aliphatic rings. The van der Waals surface area contributed by atoms with Gasteiger partial charge in [-0.05, 0) is 45.3 Å². The highest BCUT2D eigenvalue weighted by molar-refractivity contribution is 5.94. The van der Waals surface area contributed by atoms with Crippen molar-refractivity contribution in [3.05, 3.63) is 23.8 Å². The highest BCUT2D eigenvalue weighted by Gasteiger charge is 2.09. The molecule has 0 heterocycles. The molecule has 100 valence electrons. The number of ether oxygens (including phenoxy) is 1. The second-order valence-electron chi connectivity index (χ2n) is 4.30. The summed E-state index contributed by atoms with van der Waals surface area (Å²) in [4.78, 5) is 13.9. The lowest BCUT2D eigenvalue weighted by atomic mass is 10.2. The van der Waals surface area contributed by atoms with Crippen LogP contribution in [0.5, 0.6) is 11.5 Å². The maximum absolute atomic E-state index is 11.8. The molecular weight excluding hydrogens is 232 g/mol. The molecule has 0 saturated heterocycles. The van der Waals surface area contributed by atoms with Crippen LogP contribution in [0.15, 0.2) is 18.2 Å². The summed E-state index contributed by atoms with van der Waals surface area (Å²) in [7, 11) is 5.44. The molecule has 0 fully saturated rings. The van der Waals surface area contributed by atoms with E-state index < -0.39 is 0 Å². The molecule has 1 rings (SSSR count). The molecule has 5 nitrogen and oxygen atoms in total. The van der Waals surface area contributed by atoms with Crippen molar-refractivity contribution in [1.29, 1.82) is 0 Å². The van der Waals surface area contributed by atoms with Crippen LogP contribution in [0.4, 0.5) is 0 Å². The average molecular weight is 252 g/mol. The van der Waals surface area contributed by atoms with Crippen molar-refractivity contribution in [2.24, 2.45) is 0 Å². The van der Waals surface area contributed by atoms with E-state index in [2.05, 4.69) is 10.2 Å². The molecule has 0 saturated carbocycles. The quantitative estimate of drug-likeness (QED) is 0.744. The number of carbonyl (C=O) groups is 1. The standard InChI is InChI=1S/C13H20N2O3/c1-15(2)8-4-7-14-13(17)10-5-6-11(16)12(9-10)18-3/h5-6,9,16H,4,7-8H2,1-3H3,(H,14,17). The molecule has 1 aromatic rings. The Hall–Kier alpha value is -1.75. The zero-order valence-electron chi connectivity index (χ0n) is 11.1. The van der Waals surface area contributed by atoms with Crippen molar-refractivity contribution in [2.45, 2.75) is 6.42 Å². The lowest BCUT2D eigenvalue weighted by Crippen LogP contribution is -2.27. The van der Waals surface area contributed by atoms with Crippen LogP contribution in [0.1, 0.15) is 16.8 Å². The predicted molar refractivity (Wildman–Crippen MR) is 70.2 cm³/mol. The maximum atomic E-state index is 11.8. The summed E-state index contributed by atoms with van der Waals surface area (Å²) in [5.74, 6) is 0.171. The van der Waals surface area contributed by atoms with Crippen LogP contribution < -0.4 is 10.1 Å². The van der Waals surface area contributed by atoms with E-state index in [4.69, 9.17) is 4.74 Å². The lowest BCUT2D eigenvalue weighted by molar-refractivity contribution is 0.0952. The number of aromatic hydroxyl groups is 1. The number of rotatable bonds is 6. The number of hydrogen-bond acceptors (Lipinski definition) is 4. The van der Waals surface area contributed by atoms with Gasteiger partial charge in [-0.2, -0.15) is 0 Å². The molecule has 2 N–H and O–H groups in total. The second-order valence-corrected chi connectivity index (χ2v) is 4.30. The van der Waals surface area contributed by atoms with Crippen molar-refractivity contribution in [3.8, 4) is 11.5 Å². The summed E-state index contributed by atoms with van der Waals surface area (Å²) in [6.07, 6.45) is 0.897. The fourth-order valence-corrected chi connectivity index (χ4v) is 1.52. The lowest BCUT2D eigenvalue weighted by Gasteiger charge is -2.10. The van der Waals surface area contributed by atoms with E-state index in [0.29, 0.717) is 17.9 Å². The first kappa shape index (κ1) is 14.3. The highest BCUT2D eigenvalue weighted by Crippen LogP contribution is 2.26. The van der Waals surface area contributed by atoms with E-state index in [-0.39, 0.29) is 11.7 Å². The Kier molecular flexibility index (Phi) is 5.45. The van der Waals surface area contributed by atoms with E-state index in [1.165, 1.54) is 19.2 Å². The first-order valence-electron chi connectivity index (χ1n) is 5.84. The van der Waals surface area contributed by atoms with E-state index in [1.54, 1.807) is 6.07 Å². The SMILES string of the molecule is COc1cc(C(=O)NCCCN(C)C)ccc1O. The van der Waals surface area contributed by atoms with Gasteiger partial charge in [0.05, 0.1) is 7.11 Å². The molecule has 18 heavy (non-hydrogen) atoms. The molecule has 0 spiro atoms. The van der Waals surface area contributed by atoms with Crippen molar-refractivity contribution >= 4 is 5.91 Å². The predicted octanol–water partition coefficient (Wildman–Crippen LogP) is 1.08. The van der Waals surface area contributed by atoms with Crippen LogP contribution in [-0.2, 0) is 0 Å². The van der Waals surface area contributed by atoms with Crippen LogP contribution in [0.2, 0.25) is 0 Å². The Balaban J connectivity index is 2.51. The van der Waals surface area contributed by atoms with Crippen LogP contribution in [-0.4, -0.2) is 50.2 Å². The monoisotopic (exact) mass is 252 g/mol. The number of hydrogen-bond donors (Lipinski definition) is 2. The van der Waals surface area contributed by atoms with Crippen LogP contribution >= 0.6 is 0 Å². The van der Waals surface area contributed by atoms with Crippen molar-refractivity contribution < 1.29 is 14.6 Å². The third-order valence-corrected chi connectivity index (χ3v) is 2.51. The van der Waals surface area contributed by atoms with Crippen molar-refractivity contribution in [2.75, 3.05) is 34.3 Å². The summed E-state index contributed by atoms with van der Waals surface area (Å²) in [5.41, 5.74) is 0.481. The fourth-order valence-electron chi connectivity index (χ4n) is 1.52. The highest BCUT2D eigenvalue weighted by atomic mass is 16.5. The van der Waals surface area contributed by atoms with E-state index in [9.17, 15) is 9.90 Å². The van der Waals surface area contributed by atoms with Gasteiger partial charge < -0.3 is 20.1 Å². The van der Waals surface area contributed by atoms with Crippen LogP contribution in [0, 0.1) is 0 Å². The van der Waals surface area contributed by atoms with Crippen molar-refractivity contribution in [3.63, 3.8) is 0 Å². The summed E-state index contributed by atoms with van der Waals surface area (Å²) in [6.45, 7) is 1.55. The number of methoxy groups -OCH3 is 1. The van der Waals surface area contributed by atoms with Gasteiger partial charge in [0.2, 0.25) is 0 Å². The Morgan fingerprint density at radius 2 is 2.17 bits per heavy atom. The van der Waals surface area contributed by atoms with Crippen LogP contribution in [0.25, 0.3) is 0 Å². The molecule has 0 radical (unpaired) electrons. The van der Waals surface area contributed by atoms with E-state index >= 15 is 0 Å². The van der Waals surface area contributed by atoms with Gasteiger partial charge in [-0.15, -0.1) is 0 Å². The Bertz CT molecular complexity index is 405. The number of nitrogens with one attached hydrogen (secondary N) is 1. The zero-order valence-corrected chi connectivity index (χ0v) is 11.1. The molecular formula is C13H20N2O3. The fraction of sp³-hybridized carbons (Fsp3) is 0.462. The molecule has 5 heteroatoms. The van der Waals surface area contributed by atoms with Gasteiger partial charge in [0.25, 0.3) is 5.91 Å². The number of phenols is 1. The molecule has 0 aliphatic carbocycles. The molecule has 0 aliphatic heterocycles. The number of amides is 1. The summed E-state index contributed by atoms with van der Waals surface area (Å²) in [6, 6.07) is 4.54. The van der Waals surface area contributed by atoms with Gasteiger partial charge in [0.1, 0.15) is 0 Å². The smallest absolute Gasteiger partial charge is 0.251 e. The molecule has 0 bridgehead atoms. The number of nitrogens with zero attached hydrogens (tertiary/aromatic N) is 1. The second kappa shape index (κ2) is 6.86. The normalized spacial score (nSPS) is 10.4. The minimum atomic E-state index is -0.160. The third kappa shape index (κ3) is 4.25. The Labute approximate surface area is 107 Å². The van der Waals surface area contributed by atoms with E-state index in [0.717, 1.165) is 13.0 Å². The van der Waals surface area contributed by atoms with Gasteiger partial charge >= 0.3 is 0 Å². The first-order chi connectivity index (χ1) is 8.54. The van der Waals surface area contributed by atoms with Gasteiger partial charge in [-0.3, -0.25) is 4.79 Å². The summed E-state index contributed by atoms with van der Waals surface area (Å²) < 4.78 is 4.96. The number of phenolic OH excluding ortho intramolecular Hbond substituents is 1. The molecule has 0 atom stereocenters. The topological polar surface area (TPSA) is 61.8 Å². The van der Waals surface area contributed by atoms with Gasteiger partial charge in [0, 0.05) is 12.1 Å². The maximum Gasteiger partial charge on any atom is 0.251 e. The van der Waals surface area contributed by atoms with Crippen LogP contribution in [0.3, 0.4) is 0 Å². The van der Waals surface area contributed by atoms with Gasteiger partial charge in [0.15, 0.2) is 11.5 Å². The van der Waals surface area contributed by atoms with Gasteiger partial charge in [-0.1, -0.05) is 0 Å². The molecule has 1 amide bonds. The Morgan fingerprint density at radius 1 is 1.44 bits per heavy atom. The zero-order chi connectivity index (χ0) is 13.5. The van der Waals surface area contributed by atoms with Gasteiger partial charge in [-0.25, -0.2) is 0 Å². The summed E-state index contributed by atoms with van der Waals surface area (Å²) >= 11 is 0. The average Bonchev–Trinajstić information content (AvgIpc) is 2.34. The Morgan fingerprint density at radius 3 is 2.78 bits per heavy atom. The molecule has 0 unspecified atom stereocenters. The first-order valence-corrected chi connectivity index (χ1v) is 5.84. The minimum absolute atomic E-state index is 0.0293. The third-order valence-electron chi connectivity index (χ3n) is 2.51. The van der Waals surface area contributed by atoms with E-state index in [1.807, 2.05) is 14.1 Å². The number of benzene rings is 1. The molecule has 1 aromatic carbocycles. The minimum Gasteiger partial charge on any atom is -0.504 e. The molecule has 0 aromatic heterocycles. The summed E-state index contributed by atoms with van der Waals surface area (Å²) in [5, 5.41) is 12.3.